The second-order valence-electron chi connectivity index (χ2n) is 2.80. The molecule has 0 N–H and O–H groups in total. The molecule has 2 heteroatoms. The van der Waals surface area contributed by atoms with Crippen LogP contribution in [0.4, 0.5) is 0 Å². The SMILES string of the molecule is CCC(=O)C1=CCC=C1C(C)=O. The molecule has 0 saturated heterocycles. The van der Waals surface area contributed by atoms with Crippen LogP contribution in [-0.4, -0.2) is 11.6 Å². The fraction of sp³-hybridized carbons (Fsp3) is 0.400. The Morgan fingerprint density at radius 1 is 1.33 bits per heavy atom. The highest BCUT2D eigenvalue weighted by Gasteiger charge is 2.18. The summed E-state index contributed by atoms with van der Waals surface area (Å²) in [5, 5.41) is 0. The molecular formula is C10H12O2. The zero-order chi connectivity index (χ0) is 9.14. The van der Waals surface area contributed by atoms with Crippen LogP contribution in [0.2, 0.25) is 0 Å². The van der Waals surface area contributed by atoms with Gasteiger partial charge in [-0.3, -0.25) is 9.59 Å². The molecule has 0 radical (unpaired) electrons. The van der Waals surface area contributed by atoms with Gasteiger partial charge in [0.25, 0.3) is 0 Å². The Labute approximate surface area is 72.0 Å². The first-order valence-electron chi connectivity index (χ1n) is 4.11. The van der Waals surface area contributed by atoms with Gasteiger partial charge in [0, 0.05) is 17.6 Å². The Kier molecular flexibility index (Phi) is 2.58. The number of hydrogen-bond acceptors (Lipinski definition) is 2. The average Bonchev–Trinajstić information content (AvgIpc) is 2.50. The largest absolute Gasteiger partial charge is 0.294 e. The Bertz CT molecular complexity index is 282. The summed E-state index contributed by atoms with van der Waals surface area (Å²) in [6.07, 6.45) is 4.82. The maximum absolute atomic E-state index is 11.3. The maximum atomic E-state index is 11.3. The lowest BCUT2D eigenvalue weighted by Crippen LogP contribution is -2.06. The predicted molar refractivity (Wildman–Crippen MR) is 46.8 cm³/mol. The minimum absolute atomic E-state index is 0.0134. The van der Waals surface area contributed by atoms with Crippen LogP contribution in [0.25, 0.3) is 0 Å². The van der Waals surface area contributed by atoms with E-state index in [1.807, 2.05) is 12.2 Å². The van der Waals surface area contributed by atoms with Gasteiger partial charge in [-0.2, -0.15) is 0 Å². The molecule has 0 spiro atoms. The predicted octanol–water partition coefficient (Wildman–Crippen LogP) is 1.81. The molecule has 64 valence electrons. The van der Waals surface area contributed by atoms with Gasteiger partial charge < -0.3 is 0 Å². The third-order valence-corrected chi connectivity index (χ3v) is 1.93. The van der Waals surface area contributed by atoms with Crippen molar-refractivity contribution in [1.82, 2.24) is 0 Å². The van der Waals surface area contributed by atoms with Crippen molar-refractivity contribution in [1.29, 1.82) is 0 Å². The molecule has 0 atom stereocenters. The van der Waals surface area contributed by atoms with Gasteiger partial charge >= 0.3 is 0 Å². The number of carbonyl (C=O) groups excluding carboxylic acids is 2. The van der Waals surface area contributed by atoms with Crippen molar-refractivity contribution in [2.24, 2.45) is 0 Å². The van der Waals surface area contributed by atoms with Crippen molar-refractivity contribution in [2.45, 2.75) is 26.7 Å². The van der Waals surface area contributed by atoms with Gasteiger partial charge in [-0.25, -0.2) is 0 Å². The van der Waals surface area contributed by atoms with Gasteiger partial charge in [-0.15, -0.1) is 0 Å². The van der Waals surface area contributed by atoms with Crippen molar-refractivity contribution in [2.75, 3.05) is 0 Å². The molecule has 0 aliphatic heterocycles. The summed E-state index contributed by atoms with van der Waals surface area (Å²) in [5.74, 6) is 0.0505. The van der Waals surface area contributed by atoms with E-state index in [1.165, 1.54) is 6.92 Å². The maximum Gasteiger partial charge on any atom is 0.163 e. The molecule has 0 bridgehead atoms. The van der Waals surface area contributed by atoms with Crippen LogP contribution in [0.3, 0.4) is 0 Å². The van der Waals surface area contributed by atoms with Crippen LogP contribution < -0.4 is 0 Å². The van der Waals surface area contributed by atoms with Crippen molar-refractivity contribution >= 4 is 11.6 Å². The highest BCUT2D eigenvalue weighted by molar-refractivity contribution is 6.12. The Balaban J connectivity index is 2.87. The van der Waals surface area contributed by atoms with E-state index in [9.17, 15) is 9.59 Å². The smallest absolute Gasteiger partial charge is 0.163 e. The molecule has 0 saturated carbocycles. The third-order valence-electron chi connectivity index (χ3n) is 1.93. The van der Waals surface area contributed by atoms with Gasteiger partial charge in [0.2, 0.25) is 0 Å². The summed E-state index contributed by atoms with van der Waals surface area (Å²) in [6, 6.07) is 0. The van der Waals surface area contributed by atoms with Crippen LogP contribution in [0.5, 0.6) is 0 Å². The van der Waals surface area contributed by atoms with Crippen LogP contribution >= 0.6 is 0 Å². The van der Waals surface area contributed by atoms with Crippen molar-refractivity contribution in [3.8, 4) is 0 Å². The van der Waals surface area contributed by atoms with Crippen molar-refractivity contribution < 1.29 is 9.59 Å². The van der Waals surface area contributed by atoms with E-state index in [4.69, 9.17) is 0 Å². The number of carbonyl (C=O) groups is 2. The third kappa shape index (κ3) is 1.52. The van der Waals surface area contributed by atoms with Crippen molar-refractivity contribution in [3.63, 3.8) is 0 Å². The number of hydrogen-bond donors (Lipinski definition) is 0. The van der Waals surface area contributed by atoms with E-state index in [0.29, 0.717) is 17.6 Å². The lowest BCUT2D eigenvalue weighted by Gasteiger charge is -2.01. The highest BCUT2D eigenvalue weighted by atomic mass is 16.1. The lowest BCUT2D eigenvalue weighted by atomic mass is 10.0. The average molecular weight is 164 g/mol. The highest BCUT2D eigenvalue weighted by Crippen LogP contribution is 2.21. The monoisotopic (exact) mass is 164 g/mol. The molecule has 0 heterocycles. The topological polar surface area (TPSA) is 34.1 Å². The zero-order valence-electron chi connectivity index (χ0n) is 7.39. The number of Topliss-reactive ketones (excluding diaryl/α,β-unsaturated/α-hetero) is 2. The molecular weight excluding hydrogens is 152 g/mol. The molecule has 0 fully saturated rings. The molecule has 0 aromatic rings. The molecule has 0 aromatic heterocycles. The minimum Gasteiger partial charge on any atom is -0.294 e. The molecule has 0 aromatic carbocycles. The van der Waals surface area contributed by atoms with Gasteiger partial charge in [0.05, 0.1) is 0 Å². The molecule has 2 nitrogen and oxygen atoms in total. The summed E-state index contributed by atoms with van der Waals surface area (Å²) in [4.78, 5) is 22.3. The molecule has 12 heavy (non-hydrogen) atoms. The first-order valence-corrected chi connectivity index (χ1v) is 4.11. The Morgan fingerprint density at radius 3 is 2.42 bits per heavy atom. The van der Waals surface area contributed by atoms with Crippen LogP contribution in [0.1, 0.15) is 26.7 Å². The van der Waals surface area contributed by atoms with E-state index in [1.54, 1.807) is 6.92 Å². The number of ketones is 2. The fourth-order valence-corrected chi connectivity index (χ4v) is 1.30. The van der Waals surface area contributed by atoms with Gasteiger partial charge in [0.15, 0.2) is 11.6 Å². The molecule has 0 unspecified atom stereocenters. The standard InChI is InChI=1S/C10H12O2/c1-3-10(12)9-6-4-5-8(9)7(2)11/h5-6H,3-4H2,1-2H3. The quantitative estimate of drug-likeness (QED) is 0.637. The summed E-state index contributed by atoms with van der Waals surface area (Å²) >= 11 is 0. The van der Waals surface area contributed by atoms with Crippen molar-refractivity contribution in [3.05, 3.63) is 23.3 Å². The van der Waals surface area contributed by atoms with Gasteiger partial charge in [-0.1, -0.05) is 19.1 Å². The number of allylic oxidation sites excluding steroid dienone is 4. The second kappa shape index (κ2) is 3.48. The van der Waals surface area contributed by atoms with E-state index >= 15 is 0 Å². The second-order valence-corrected chi connectivity index (χ2v) is 2.80. The summed E-state index contributed by atoms with van der Waals surface area (Å²) in [7, 11) is 0. The number of rotatable bonds is 3. The Morgan fingerprint density at radius 2 is 1.92 bits per heavy atom. The van der Waals surface area contributed by atoms with Gasteiger partial charge in [-0.05, 0) is 13.3 Å². The van der Waals surface area contributed by atoms with E-state index < -0.39 is 0 Å². The molecule has 1 aliphatic rings. The first-order chi connectivity index (χ1) is 5.66. The van der Waals surface area contributed by atoms with E-state index in [0.717, 1.165) is 6.42 Å². The van der Waals surface area contributed by atoms with E-state index in [-0.39, 0.29) is 11.6 Å². The van der Waals surface area contributed by atoms with Crippen LogP contribution in [-0.2, 0) is 9.59 Å². The lowest BCUT2D eigenvalue weighted by molar-refractivity contribution is -0.117. The molecule has 1 aliphatic carbocycles. The Hall–Kier alpha value is -1.18. The van der Waals surface area contributed by atoms with Gasteiger partial charge in [0.1, 0.15) is 0 Å². The fourth-order valence-electron chi connectivity index (χ4n) is 1.30. The molecule has 1 rings (SSSR count). The van der Waals surface area contributed by atoms with Crippen LogP contribution in [0, 0.1) is 0 Å². The normalized spacial score (nSPS) is 15.5. The summed E-state index contributed by atoms with van der Waals surface area (Å²) in [5.41, 5.74) is 1.21. The minimum atomic E-state index is -0.0134. The zero-order valence-corrected chi connectivity index (χ0v) is 7.39. The summed E-state index contributed by atoms with van der Waals surface area (Å²) in [6.45, 7) is 3.30. The van der Waals surface area contributed by atoms with Crippen LogP contribution in [0.15, 0.2) is 23.3 Å². The molecule has 0 amide bonds. The first kappa shape index (κ1) is 8.91. The van der Waals surface area contributed by atoms with E-state index in [2.05, 4.69) is 0 Å². The summed E-state index contributed by atoms with van der Waals surface area (Å²) < 4.78 is 0.